The van der Waals surface area contributed by atoms with E-state index in [1.807, 2.05) is 37.3 Å². The highest BCUT2D eigenvalue weighted by Gasteiger charge is 2.28. The Balaban J connectivity index is 1.69. The first-order valence-electron chi connectivity index (χ1n) is 9.83. The minimum atomic E-state index is -0.370. The van der Waals surface area contributed by atoms with E-state index in [9.17, 15) is 4.79 Å². The summed E-state index contributed by atoms with van der Waals surface area (Å²) < 4.78 is 5.16. The second-order valence-electron chi connectivity index (χ2n) is 7.13. The van der Waals surface area contributed by atoms with Crippen LogP contribution in [0.4, 0.5) is 23.1 Å². The normalized spacial score (nSPS) is 15.1. The van der Waals surface area contributed by atoms with Crippen LogP contribution in [-0.4, -0.2) is 28.6 Å². The van der Waals surface area contributed by atoms with Gasteiger partial charge in [-0.05, 0) is 51.0 Å². The highest BCUT2D eigenvalue weighted by Crippen LogP contribution is 2.37. The quantitative estimate of drug-likeness (QED) is 0.634. The van der Waals surface area contributed by atoms with Gasteiger partial charge in [-0.25, -0.2) is 9.78 Å². The molecule has 0 saturated carbocycles. The molecule has 1 N–H and O–H groups in total. The van der Waals surface area contributed by atoms with Gasteiger partial charge in [0.25, 0.3) is 0 Å². The van der Waals surface area contributed by atoms with Crippen LogP contribution in [0.2, 0.25) is 0 Å². The topological polar surface area (TPSA) is 67.3 Å². The average molecular weight is 388 g/mol. The van der Waals surface area contributed by atoms with E-state index in [-0.39, 0.29) is 5.97 Å². The second-order valence-corrected chi connectivity index (χ2v) is 7.13. The smallest absolute Gasteiger partial charge is 0.340 e. The van der Waals surface area contributed by atoms with Crippen molar-refractivity contribution >= 4 is 29.1 Å². The number of nitrogens with zero attached hydrogens (tertiary/aromatic N) is 3. The van der Waals surface area contributed by atoms with Crippen molar-refractivity contribution in [2.24, 2.45) is 0 Å². The van der Waals surface area contributed by atoms with Crippen LogP contribution in [-0.2, 0) is 11.2 Å². The standard InChI is InChI=1S/C23H24N4O2/c1-4-29-22(28)18-10-6-7-11-19(18)25-23-24-15(2)13-21(26-23)27-16(3)14-17-9-5-8-12-20(17)27/h5-13,16H,4,14H2,1-3H3,(H,24,25,26). The van der Waals surface area contributed by atoms with Gasteiger partial charge in [-0.15, -0.1) is 0 Å². The van der Waals surface area contributed by atoms with Gasteiger partial charge in [-0.3, -0.25) is 0 Å². The monoisotopic (exact) mass is 388 g/mol. The summed E-state index contributed by atoms with van der Waals surface area (Å²) in [7, 11) is 0. The Morgan fingerprint density at radius 2 is 1.93 bits per heavy atom. The molecule has 1 aliphatic rings. The number of aromatic nitrogens is 2. The number of hydrogen-bond acceptors (Lipinski definition) is 6. The van der Waals surface area contributed by atoms with Gasteiger partial charge in [0.2, 0.25) is 5.95 Å². The summed E-state index contributed by atoms with van der Waals surface area (Å²) in [6.45, 7) is 6.25. The number of carbonyl (C=O) groups excluding carboxylic acids is 1. The molecular formula is C23H24N4O2. The van der Waals surface area contributed by atoms with Crippen LogP contribution < -0.4 is 10.2 Å². The molecular weight excluding hydrogens is 364 g/mol. The highest BCUT2D eigenvalue weighted by atomic mass is 16.5. The Morgan fingerprint density at radius 1 is 1.17 bits per heavy atom. The average Bonchev–Trinajstić information content (AvgIpc) is 3.04. The van der Waals surface area contributed by atoms with E-state index >= 15 is 0 Å². The third-order valence-corrected chi connectivity index (χ3v) is 4.96. The molecule has 6 heteroatoms. The van der Waals surface area contributed by atoms with Crippen LogP contribution in [0.3, 0.4) is 0 Å². The van der Waals surface area contributed by atoms with Crippen LogP contribution in [0, 0.1) is 6.92 Å². The van der Waals surface area contributed by atoms with Crippen molar-refractivity contribution in [3.63, 3.8) is 0 Å². The SMILES string of the molecule is CCOC(=O)c1ccccc1Nc1nc(C)cc(N2c3ccccc3CC2C)n1. The summed E-state index contributed by atoms with van der Waals surface area (Å²) in [6, 6.07) is 17.9. The molecule has 1 atom stereocenters. The molecule has 2 aromatic carbocycles. The first-order chi connectivity index (χ1) is 14.1. The van der Waals surface area contributed by atoms with Crippen LogP contribution in [0.1, 0.15) is 35.5 Å². The van der Waals surface area contributed by atoms with Crippen molar-refractivity contribution in [3.8, 4) is 0 Å². The Bertz CT molecular complexity index is 1050. The van der Waals surface area contributed by atoms with Crippen molar-refractivity contribution < 1.29 is 9.53 Å². The number of carbonyl (C=O) groups is 1. The number of benzene rings is 2. The van der Waals surface area contributed by atoms with Crippen molar-refractivity contribution in [3.05, 3.63) is 71.4 Å². The van der Waals surface area contributed by atoms with Gasteiger partial charge in [0.05, 0.1) is 17.9 Å². The van der Waals surface area contributed by atoms with E-state index in [0.717, 1.165) is 17.9 Å². The van der Waals surface area contributed by atoms with Crippen molar-refractivity contribution in [2.75, 3.05) is 16.8 Å². The van der Waals surface area contributed by atoms with Crippen molar-refractivity contribution in [1.82, 2.24) is 9.97 Å². The Kier molecular flexibility index (Phi) is 5.16. The molecule has 0 amide bonds. The highest BCUT2D eigenvalue weighted by molar-refractivity contribution is 5.96. The Labute approximate surface area is 170 Å². The molecule has 0 saturated heterocycles. The lowest BCUT2D eigenvalue weighted by Crippen LogP contribution is -2.25. The first kappa shape index (κ1) is 18.9. The molecule has 0 radical (unpaired) electrons. The summed E-state index contributed by atoms with van der Waals surface area (Å²) in [6.07, 6.45) is 0.980. The van der Waals surface area contributed by atoms with Crippen LogP contribution in [0.15, 0.2) is 54.6 Å². The zero-order chi connectivity index (χ0) is 20.4. The molecule has 148 valence electrons. The van der Waals surface area contributed by atoms with Crippen LogP contribution in [0.5, 0.6) is 0 Å². The first-order valence-corrected chi connectivity index (χ1v) is 9.83. The lowest BCUT2D eigenvalue weighted by atomic mass is 10.1. The third-order valence-electron chi connectivity index (χ3n) is 4.96. The van der Waals surface area contributed by atoms with Crippen LogP contribution in [0.25, 0.3) is 0 Å². The van der Waals surface area contributed by atoms with Crippen LogP contribution >= 0.6 is 0 Å². The summed E-state index contributed by atoms with van der Waals surface area (Å²) in [4.78, 5) is 23.8. The summed E-state index contributed by atoms with van der Waals surface area (Å²) in [5.74, 6) is 0.921. The predicted molar refractivity (Wildman–Crippen MR) is 114 cm³/mol. The van der Waals surface area contributed by atoms with Gasteiger partial charge in [-0.1, -0.05) is 30.3 Å². The fourth-order valence-corrected chi connectivity index (χ4v) is 3.75. The zero-order valence-electron chi connectivity index (χ0n) is 16.8. The molecule has 0 bridgehead atoms. The molecule has 29 heavy (non-hydrogen) atoms. The van der Waals surface area contributed by atoms with Gasteiger partial charge in [-0.2, -0.15) is 4.98 Å². The zero-order valence-corrected chi connectivity index (χ0v) is 16.8. The minimum Gasteiger partial charge on any atom is -0.462 e. The second kappa shape index (κ2) is 7.91. The number of rotatable bonds is 5. The molecule has 4 rings (SSSR count). The number of hydrogen-bond donors (Lipinski definition) is 1. The predicted octanol–water partition coefficient (Wildman–Crippen LogP) is 4.79. The Hall–Kier alpha value is -3.41. The maximum absolute atomic E-state index is 12.3. The van der Waals surface area contributed by atoms with E-state index in [2.05, 4.69) is 40.3 Å². The van der Waals surface area contributed by atoms with Gasteiger partial charge < -0.3 is 15.0 Å². The van der Waals surface area contributed by atoms with E-state index in [0.29, 0.717) is 29.8 Å². The van der Waals surface area contributed by atoms with E-state index < -0.39 is 0 Å². The third kappa shape index (κ3) is 3.78. The largest absolute Gasteiger partial charge is 0.462 e. The summed E-state index contributed by atoms with van der Waals surface area (Å²) >= 11 is 0. The fraction of sp³-hybridized carbons (Fsp3) is 0.261. The minimum absolute atomic E-state index is 0.307. The number of ether oxygens (including phenoxy) is 1. The van der Waals surface area contributed by atoms with Gasteiger partial charge in [0.1, 0.15) is 5.82 Å². The summed E-state index contributed by atoms with van der Waals surface area (Å²) in [5, 5.41) is 3.21. The molecule has 1 unspecified atom stereocenters. The number of fused-ring (bicyclic) bond motifs is 1. The van der Waals surface area contributed by atoms with E-state index in [1.165, 1.54) is 11.3 Å². The number of anilines is 4. The molecule has 1 aliphatic heterocycles. The van der Waals surface area contributed by atoms with Gasteiger partial charge in [0, 0.05) is 23.5 Å². The number of nitrogens with one attached hydrogen (secondary N) is 1. The van der Waals surface area contributed by atoms with Gasteiger partial charge >= 0.3 is 5.97 Å². The molecule has 0 fully saturated rings. The molecule has 1 aromatic heterocycles. The lowest BCUT2D eigenvalue weighted by molar-refractivity contribution is 0.0527. The maximum Gasteiger partial charge on any atom is 0.340 e. The Morgan fingerprint density at radius 3 is 2.76 bits per heavy atom. The molecule has 2 heterocycles. The molecule has 3 aromatic rings. The van der Waals surface area contributed by atoms with Crippen molar-refractivity contribution in [2.45, 2.75) is 33.2 Å². The van der Waals surface area contributed by atoms with E-state index in [4.69, 9.17) is 9.72 Å². The molecule has 0 aliphatic carbocycles. The number of para-hydroxylation sites is 2. The lowest BCUT2D eigenvalue weighted by Gasteiger charge is -2.24. The maximum atomic E-state index is 12.3. The number of aryl methyl sites for hydroxylation is 1. The molecule has 6 nitrogen and oxygen atoms in total. The summed E-state index contributed by atoms with van der Waals surface area (Å²) in [5.41, 5.74) is 4.43. The number of esters is 1. The van der Waals surface area contributed by atoms with E-state index in [1.54, 1.807) is 13.0 Å². The van der Waals surface area contributed by atoms with Gasteiger partial charge in [0.15, 0.2) is 0 Å². The molecule has 0 spiro atoms. The fourth-order valence-electron chi connectivity index (χ4n) is 3.75. The van der Waals surface area contributed by atoms with Crippen molar-refractivity contribution in [1.29, 1.82) is 0 Å².